The first-order chi connectivity index (χ1) is 13.2. The van der Waals surface area contributed by atoms with Gasteiger partial charge in [0, 0.05) is 56.6 Å². The van der Waals surface area contributed by atoms with Gasteiger partial charge in [0.15, 0.2) is 0 Å². The Morgan fingerprint density at radius 1 is 1.15 bits per heavy atom. The Morgan fingerprint density at radius 3 is 2.85 bits per heavy atom. The number of nitrogens with zero attached hydrogens (tertiary/aromatic N) is 4. The lowest BCUT2D eigenvalue weighted by atomic mass is 9.99. The molecular formula is C21H26N4O2. The summed E-state index contributed by atoms with van der Waals surface area (Å²) in [5.41, 5.74) is 1.84. The van der Waals surface area contributed by atoms with Crippen LogP contribution >= 0.6 is 0 Å². The van der Waals surface area contributed by atoms with Gasteiger partial charge in [-0.05, 0) is 43.4 Å². The number of carbonyl (C=O) groups excluding carboxylic acids is 2. The molecule has 27 heavy (non-hydrogen) atoms. The molecule has 0 saturated carbocycles. The Morgan fingerprint density at radius 2 is 2.04 bits per heavy atom. The summed E-state index contributed by atoms with van der Waals surface area (Å²) < 4.78 is 1.93. The molecule has 2 aromatic rings. The molecule has 2 aliphatic rings. The van der Waals surface area contributed by atoms with Gasteiger partial charge in [-0.3, -0.25) is 14.3 Å². The van der Waals surface area contributed by atoms with Crippen molar-refractivity contribution in [3.8, 4) is 0 Å². The molecule has 0 unspecified atom stereocenters. The molecule has 3 heterocycles. The van der Waals surface area contributed by atoms with Crippen LogP contribution < -0.4 is 0 Å². The predicted molar refractivity (Wildman–Crippen MR) is 102 cm³/mol. The van der Waals surface area contributed by atoms with Crippen LogP contribution in [-0.2, 0) is 17.9 Å². The Kier molecular flexibility index (Phi) is 5.23. The maximum Gasteiger partial charge on any atom is 0.254 e. The van der Waals surface area contributed by atoms with Gasteiger partial charge in [-0.2, -0.15) is 5.10 Å². The van der Waals surface area contributed by atoms with Crippen LogP contribution in [0.4, 0.5) is 0 Å². The SMILES string of the molecule is O=C1c2ccccc2CN1CCC(=O)N1CCCC[C@@H]1CCn1cccn1. The van der Waals surface area contributed by atoms with Crippen LogP contribution in [0.3, 0.4) is 0 Å². The number of aryl methyl sites for hydroxylation is 1. The highest BCUT2D eigenvalue weighted by Gasteiger charge is 2.30. The second kappa shape index (κ2) is 7.94. The van der Waals surface area contributed by atoms with E-state index in [1.165, 1.54) is 6.42 Å². The zero-order valence-corrected chi connectivity index (χ0v) is 15.6. The van der Waals surface area contributed by atoms with Crippen LogP contribution in [0.5, 0.6) is 0 Å². The number of carbonyl (C=O) groups is 2. The number of rotatable bonds is 6. The van der Waals surface area contributed by atoms with E-state index in [9.17, 15) is 9.59 Å². The molecule has 0 aliphatic carbocycles. The lowest BCUT2D eigenvalue weighted by Crippen LogP contribution is -2.45. The van der Waals surface area contributed by atoms with Crippen LogP contribution in [-0.4, -0.2) is 50.5 Å². The molecule has 0 bridgehead atoms. The van der Waals surface area contributed by atoms with Crippen molar-refractivity contribution >= 4 is 11.8 Å². The molecule has 1 aromatic carbocycles. The first-order valence-corrected chi connectivity index (χ1v) is 9.86. The number of aromatic nitrogens is 2. The summed E-state index contributed by atoms with van der Waals surface area (Å²) in [7, 11) is 0. The molecule has 0 N–H and O–H groups in total. The second-order valence-corrected chi connectivity index (χ2v) is 7.43. The van der Waals surface area contributed by atoms with E-state index in [1.807, 2.05) is 46.1 Å². The standard InChI is InChI=1S/C21H26N4O2/c26-20(10-14-23-16-17-6-1-2-8-19(17)21(23)27)25-13-4-3-7-18(25)9-15-24-12-5-11-22-24/h1-2,5-6,8,11-12,18H,3-4,7,9-10,13-16H2/t18-/m1/s1. The monoisotopic (exact) mass is 366 g/mol. The maximum atomic E-state index is 12.9. The van der Waals surface area contributed by atoms with Gasteiger partial charge in [0.1, 0.15) is 0 Å². The van der Waals surface area contributed by atoms with Gasteiger partial charge in [-0.1, -0.05) is 18.2 Å². The van der Waals surface area contributed by atoms with Gasteiger partial charge < -0.3 is 9.80 Å². The quantitative estimate of drug-likeness (QED) is 0.790. The van der Waals surface area contributed by atoms with Crippen LogP contribution in [0.15, 0.2) is 42.7 Å². The van der Waals surface area contributed by atoms with Crippen molar-refractivity contribution in [2.75, 3.05) is 13.1 Å². The summed E-state index contributed by atoms with van der Waals surface area (Å²) in [4.78, 5) is 29.2. The van der Waals surface area contributed by atoms with Crippen LogP contribution in [0, 0.1) is 0 Å². The van der Waals surface area contributed by atoms with Gasteiger partial charge in [0.05, 0.1) is 0 Å². The minimum atomic E-state index is 0.0484. The first-order valence-electron chi connectivity index (χ1n) is 9.86. The van der Waals surface area contributed by atoms with Gasteiger partial charge in [-0.15, -0.1) is 0 Å². The Hall–Kier alpha value is -2.63. The number of amides is 2. The molecule has 6 nitrogen and oxygen atoms in total. The molecule has 2 amide bonds. The van der Waals surface area contributed by atoms with E-state index in [0.717, 1.165) is 43.5 Å². The highest BCUT2D eigenvalue weighted by atomic mass is 16.2. The van der Waals surface area contributed by atoms with E-state index >= 15 is 0 Å². The molecule has 6 heteroatoms. The first kappa shape index (κ1) is 17.8. The minimum Gasteiger partial charge on any atom is -0.340 e. The molecular weight excluding hydrogens is 340 g/mol. The molecule has 1 saturated heterocycles. The second-order valence-electron chi connectivity index (χ2n) is 7.43. The van der Waals surface area contributed by atoms with Gasteiger partial charge in [0.25, 0.3) is 5.91 Å². The van der Waals surface area contributed by atoms with Crippen LogP contribution in [0.1, 0.15) is 48.0 Å². The highest BCUT2D eigenvalue weighted by molar-refractivity contribution is 5.98. The van der Waals surface area contributed by atoms with Crippen molar-refractivity contribution in [1.29, 1.82) is 0 Å². The zero-order chi connectivity index (χ0) is 18.6. The summed E-state index contributed by atoms with van der Waals surface area (Å²) in [5.74, 6) is 0.219. The predicted octanol–water partition coefficient (Wildman–Crippen LogP) is 2.70. The number of hydrogen-bond acceptors (Lipinski definition) is 3. The summed E-state index contributed by atoms with van der Waals surface area (Å²) >= 11 is 0. The maximum absolute atomic E-state index is 12.9. The molecule has 0 radical (unpaired) electrons. The zero-order valence-electron chi connectivity index (χ0n) is 15.6. The Balaban J connectivity index is 1.32. The van der Waals surface area contributed by atoms with Crippen LogP contribution in [0.2, 0.25) is 0 Å². The van der Waals surface area contributed by atoms with Crippen molar-refractivity contribution in [3.63, 3.8) is 0 Å². The average Bonchev–Trinajstić information content (AvgIpc) is 3.33. The number of likely N-dealkylation sites (tertiary alicyclic amines) is 1. The van der Waals surface area contributed by atoms with Crippen molar-refractivity contribution < 1.29 is 9.59 Å². The summed E-state index contributed by atoms with van der Waals surface area (Å²) in [6, 6.07) is 9.92. The fourth-order valence-corrected chi connectivity index (χ4v) is 4.21. The van der Waals surface area contributed by atoms with Crippen molar-refractivity contribution in [2.24, 2.45) is 0 Å². The number of piperidine rings is 1. The largest absolute Gasteiger partial charge is 0.340 e. The van der Waals surface area contributed by atoms with E-state index in [1.54, 1.807) is 11.1 Å². The normalized spacial score (nSPS) is 19.4. The molecule has 4 rings (SSSR count). The Labute approximate surface area is 159 Å². The van der Waals surface area contributed by atoms with E-state index in [4.69, 9.17) is 0 Å². The van der Waals surface area contributed by atoms with Crippen LogP contribution in [0.25, 0.3) is 0 Å². The topological polar surface area (TPSA) is 58.4 Å². The van der Waals surface area contributed by atoms with E-state index in [2.05, 4.69) is 5.10 Å². The van der Waals surface area contributed by atoms with Gasteiger partial charge in [-0.25, -0.2) is 0 Å². The van der Waals surface area contributed by atoms with Crippen molar-refractivity contribution in [3.05, 3.63) is 53.9 Å². The molecule has 1 aromatic heterocycles. The van der Waals surface area contributed by atoms with Gasteiger partial charge in [0.2, 0.25) is 5.91 Å². The molecule has 2 aliphatic heterocycles. The fraction of sp³-hybridized carbons (Fsp3) is 0.476. The van der Waals surface area contributed by atoms with Crippen molar-refractivity contribution in [2.45, 2.75) is 51.2 Å². The summed E-state index contributed by atoms with van der Waals surface area (Å²) in [6.07, 6.45) is 8.38. The van der Waals surface area contributed by atoms with E-state index in [0.29, 0.717) is 19.5 Å². The smallest absolute Gasteiger partial charge is 0.254 e. The number of hydrogen-bond donors (Lipinski definition) is 0. The molecule has 0 spiro atoms. The average molecular weight is 366 g/mol. The Bertz CT molecular complexity index is 802. The van der Waals surface area contributed by atoms with E-state index in [-0.39, 0.29) is 17.9 Å². The van der Waals surface area contributed by atoms with Gasteiger partial charge >= 0.3 is 0 Å². The van der Waals surface area contributed by atoms with E-state index < -0.39 is 0 Å². The lowest BCUT2D eigenvalue weighted by Gasteiger charge is -2.36. The third-order valence-corrected chi connectivity index (χ3v) is 5.69. The minimum absolute atomic E-state index is 0.0484. The molecule has 1 atom stereocenters. The fourth-order valence-electron chi connectivity index (χ4n) is 4.21. The molecule has 1 fully saturated rings. The summed E-state index contributed by atoms with van der Waals surface area (Å²) in [5, 5.41) is 4.26. The highest BCUT2D eigenvalue weighted by Crippen LogP contribution is 2.24. The number of fused-ring (bicyclic) bond motifs is 1. The third kappa shape index (κ3) is 3.89. The number of benzene rings is 1. The summed E-state index contributed by atoms with van der Waals surface area (Å²) in [6.45, 7) is 2.78. The van der Waals surface area contributed by atoms with Crippen molar-refractivity contribution in [1.82, 2.24) is 19.6 Å². The third-order valence-electron chi connectivity index (χ3n) is 5.69. The molecule has 142 valence electrons. The lowest BCUT2D eigenvalue weighted by molar-refractivity contribution is -0.135.